The molecule has 140 valence electrons. The summed E-state index contributed by atoms with van der Waals surface area (Å²) in [6.07, 6.45) is 0. The van der Waals surface area contributed by atoms with Gasteiger partial charge in [-0.1, -0.05) is 11.6 Å². The minimum absolute atomic E-state index is 0.0918. The molecule has 1 heterocycles. The normalized spacial score (nSPS) is 20.5. The summed E-state index contributed by atoms with van der Waals surface area (Å²) in [4.78, 5) is 12.3. The zero-order chi connectivity index (χ0) is 18.6. The minimum Gasteiger partial charge on any atom is -0.495 e. The summed E-state index contributed by atoms with van der Waals surface area (Å²) in [5, 5.41) is 5.87. The second-order valence-corrected chi connectivity index (χ2v) is 8.57. The van der Waals surface area contributed by atoms with Crippen molar-refractivity contribution in [1.82, 2.24) is 9.62 Å². The number of anilines is 1. The predicted octanol–water partition coefficient (Wildman–Crippen LogP) is 1.38. The number of nitrogens with one attached hydrogen (secondary N) is 2. The molecule has 1 aromatic rings. The minimum atomic E-state index is -3.38. The van der Waals surface area contributed by atoms with Gasteiger partial charge in [0.1, 0.15) is 5.75 Å². The molecule has 2 atom stereocenters. The first-order valence-corrected chi connectivity index (χ1v) is 9.60. The maximum atomic E-state index is 12.3. The third-order valence-corrected chi connectivity index (χ3v) is 6.10. The van der Waals surface area contributed by atoms with E-state index in [1.807, 2.05) is 0 Å². The highest BCUT2D eigenvalue weighted by molar-refractivity contribution is 7.89. The van der Waals surface area contributed by atoms with Gasteiger partial charge in [0.2, 0.25) is 10.0 Å². The first-order valence-electron chi connectivity index (χ1n) is 7.62. The lowest BCUT2D eigenvalue weighted by molar-refractivity contribution is 0.184. The van der Waals surface area contributed by atoms with Crippen molar-refractivity contribution < 1.29 is 22.7 Å². The van der Waals surface area contributed by atoms with Crippen LogP contribution in [0.4, 0.5) is 10.5 Å². The van der Waals surface area contributed by atoms with Crippen LogP contribution in [0.25, 0.3) is 0 Å². The summed E-state index contributed by atoms with van der Waals surface area (Å²) in [5.74, 6) is 0.0548. The number of benzene rings is 1. The molecule has 0 spiro atoms. The standard InChI is InChI=1S/C15H22ClN3O5S/c1-19(2)25(21,22)9-10-7-24-8-13(10)18-15(20)17-12-6-11(16)4-5-14(12)23-3/h4-6,10,13H,7-9H2,1-3H3,(H2,17,18,20)/t10-,13-/m0/s1. The highest BCUT2D eigenvalue weighted by Crippen LogP contribution is 2.27. The lowest BCUT2D eigenvalue weighted by Crippen LogP contribution is -2.45. The molecule has 0 saturated carbocycles. The van der Waals surface area contributed by atoms with Crippen LogP contribution < -0.4 is 15.4 Å². The smallest absolute Gasteiger partial charge is 0.319 e. The number of halogens is 1. The predicted molar refractivity (Wildman–Crippen MR) is 95.7 cm³/mol. The molecule has 0 aliphatic carbocycles. The van der Waals surface area contributed by atoms with Gasteiger partial charge in [-0.05, 0) is 18.2 Å². The Morgan fingerprint density at radius 2 is 2.12 bits per heavy atom. The molecule has 1 aliphatic rings. The zero-order valence-corrected chi connectivity index (χ0v) is 15.9. The van der Waals surface area contributed by atoms with Gasteiger partial charge in [-0.15, -0.1) is 0 Å². The molecule has 0 unspecified atom stereocenters. The zero-order valence-electron chi connectivity index (χ0n) is 14.3. The van der Waals surface area contributed by atoms with Crippen molar-refractivity contribution in [3.05, 3.63) is 23.2 Å². The molecule has 2 amide bonds. The fraction of sp³-hybridized carbons (Fsp3) is 0.533. The summed E-state index contributed by atoms with van der Waals surface area (Å²) in [7, 11) is 1.06. The molecule has 0 radical (unpaired) electrons. The molecule has 8 nitrogen and oxygen atoms in total. The Morgan fingerprint density at radius 1 is 1.40 bits per heavy atom. The Bertz CT molecular complexity index is 726. The van der Waals surface area contributed by atoms with E-state index in [4.69, 9.17) is 21.1 Å². The van der Waals surface area contributed by atoms with Crippen LogP contribution in [0.1, 0.15) is 0 Å². The quantitative estimate of drug-likeness (QED) is 0.763. The van der Waals surface area contributed by atoms with E-state index >= 15 is 0 Å². The topological polar surface area (TPSA) is 97.0 Å². The molecule has 1 aromatic carbocycles. The van der Waals surface area contributed by atoms with E-state index in [9.17, 15) is 13.2 Å². The second kappa shape index (κ2) is 8.22. The highest BCUT2D eigenvalue weighted by Gasteiger charge is 2.34. The summed E-state index contributed by atoms with van der Waals surface area (Å²) >= 11 is 5.93. The number of methoxy groups -OCH3 is 1. The fourth-order valence-electron chi connectivity index (χ4n) is 2.45. The molecule has 0 aromatic heterocycles. The number of amides is 2. The average molecular weight is 392 g/mol. The van der Waals surface area contributed by atoms with E-state index in [0.717, 1.165) is 0 Å². The van der Waals surface area contributed by atoms with E-state index in [2.05, 4.69) is 10.6 Å². The Labute approximate surface area is 152 Å². The van der Waals surface area contributed by atoms with E-state index < -0.39 is 22.1 Å². The third-order valence-electron chi connectivity index (χ3n) is 3.91. The van der Waals surface area contributed by atoms with E-state index in [1.165, 1.54) is 25.5 Å². The van der Waals surface area contributed by atoms with Crippen LogP contribution in [0.15, 0.2) is 18.2 Å². The van der Waals surface area contributed by atoms with Crippen molar-refractivity contribution in [3.63, 3.8) is 0 Å². The summed E-state index contributed by atoms with van der Waals surface area (Å²) in [6.45, 7) is 0.534. The SMILES string of the molecule is COc1ccc(Cl)cc1NC(=O)N[C@H]1COC[C@H]1CS(=O)(=O)N(C)C. The van der Waals surface area contributed by atoms with Crippen LogP contribution in [0.2, 0.25) is 5.02 Å². The number of carbonyl (C=O) groups excluding carboxylic acids is 1. The Hall–Kier alpha value is -1.55. The highest BCUT2D eigenvalue weighted by atomic mass is 35.5. The van der Waals surface area contributed by atoms with Crippen LogP contribution >= 0.6 is 11.6 Å². The van der Waals surface area contributed by atoms with Gasteiger partial charge in [0.15, 0.2) is 0 Å². The van der Waals surface area contributed by atoms with Crippen LogP contribution in [0.5, 0.6) is 5.75 Å². The monoisotopic (exact) mass is 391 g/mol. The number of rotatable bonds is 6. The van der Waals surface area contributed by atoms with Gasteiger partial charge in [-0.3, -0.25) is 0 Å². The van der Waals surface area contributed by atoms with E-state index in [1.54, 1.807) is 18.2 Å². The van der Waals surface area contributed by atoms with Crippen molar-refractivity contribution in [2.75, 3.05) is 45.5 Å². The number of hydrogen-bond acceptors (Lipinski definition) is 5. The molecule has 0 bridgehead atoms. The van der Waals surface area contributed by atoms with Crippen molar-refractivity contribution in [1.29, 1.82) is 0 Å². The Morgan fingerprint density at radius 3 is 2.76 bits per heavy atom. The van der Waals surface area contributed by atoms with Gasteiger partial charge in [-0.25, -0.2) is 17.5 Å². The van der Waals surface area contributed by atoms with Crippen molar-refractivity contribution in [2.24, 2.45) is 5.92 Å². The number of urea groups is 1. The van der Waals surface area contributed by atoms with Gasteiger partial charge in [0.25, 0.3) is 0 Å². The van der Waals surface area contributed by atoms with Crippen LogP contribution in [-0.2, 0) is 14.8 Å². The lowest BCUT2D eigenvalue weighted by Gasteiger charge is -2.21. The Kier molecular flexibility index (Phi) is 6.50. The molecule has 1 fully saturated rings. The van der Waals surface area contributed by atoms with Gasteiger partial charge in [0.05, 0.1) is 37.8 Å². The summed E-state index contributed by atoms with van der Waals surface area (Å²) in [6, 6.07) is 3.97. The number of sulfonamides is 1. The molecular weight excluding hydrogens is 370 g/mol. The first kappa shape index (κ1) is 19.8. The number of carbonyl (C=O) groups is 1. The molecule has 2 rings (SSSR count). The molecule has 1 saturated heterocycles. The van der Waals surface area contributed by atoms with Crippen LogP contribution in [0.3, 0.4) is 0 Å². The van der Waals surface area contributed by atoms with Crippen molar-refractivity contribution in [3.8, 4) is 5.75 Å². The maximum absolute atomic E-state index is 12.3. The van der Waals surface area contributed by atoms with Crippen LogP contribution in [0, 0.1) is 5.92 Å². The third kappa shape index (κ3) is 5.21. The number of hydrogen-bond donors (Lipinski definition) is 2. The molecule has 10 heteroatoms. The number of nitrogens with zero attached hydrogens (tertiary/aromatic N) is 1. The average Bonchev–Trinajstić information content (AvgIpc) is 2.93. The molecule has 2 N–H and O–H groups in total. The van der Waals surface area contributed by atoms with Crippen molar-refractivity contribution in [2.45, 2.75) is 6.04 Å². The Balaban J connectivity index is 2.01. The fourth-order valence-corrected chi connectivity index (χ4v) is 3.79. The largest absolute Gasteiger partial charge is 0.495 e. The second-order valence-electron chi connectivity index (χ2n) is 5.91. The van der Waals surface area contributed by atoms with Gasteiger partial charge in [0, 0.05) is 25.0 Å². The summed E-state index contributed by atoms with van der Waals surface area (Å²) < 4.78 is 35.8. The molecule has 25 heavy (non-hydrogen) atoms. The van der Waals surface area contributed by atoms with E-state index in [-0.39, 0.29) is 24.9 Å². The molecule has 1 aliphatic heterocycles. The summed E-state index contributed by atoms with van der Waals surface area (Å²) in [5.41, 5.74) is 0.420. The maximum Gasteiger partial charge on any atom is 0.319 e. The first-order chi connectivity index (χ1) is 11.7. The molecular formula is C15H22ClN3O5S. The number of ether oxygens (including phenoxy) is 2. The van der Waals surface area contributed by atoms with Crippen molar-refractivity contribution >= 4 is 33.3 Å². The van der Waals surface area contributed by atoms with Gasteiger partial charge < -0.3 is 20.1 Å². The van der Waals surface area contributed by atoms with Gasteiger partial charge >= 0.3 is 6.03 Å². The lowest BCUT2D eigenvalue weighted by atomic mass is 10.1. The van der Waals surface area contributed by atoms with Crippen LogP contribution in [-0.4, -0.2) is 65.0 Å². The van der Waals surface area contributed by atoms with Gasteiger partial charge in [-0.2, -0.15) is 0 Å². The van der Waals surface area contributed by atoms with E-state index in [0.29, 0.717) is 16.5 Å².